The van der Waals surface area contributed by atoms with Gasteiger partial charge >= 0.3 is 5.63 Å². The molecule has 1 rings (SSSR count). The summed E-state index contributed by atoms with van der Waals surface area (Å²) in [5.74, 6) is 0.737. The minimum Gasteiger partial charge on any atom is -0.507 e. The topological polar surface area (TPSA) is 50.4 Å². The highest BCUT2D eigenvalue weighted by atomic mass is 16.4. The molecule has 0 unspecified atom stereocenters. The first kappa shape index (κ1) is 9.84. The standard InChI is InChI=1S/C10H14O3/c1-4-6(2)9-5-8(11)7(3)10(12)13-9/h5-6,11H,4H2,1-3H3/t6-/m0/s1. The van der Waals surface area contributed by atoms with Crippen LogP contribution >= 0.6 is 0 Å². The zero-order valence-corrected chi connectivity index (χ0v) is 8.13. The largest absolute Gasteiger partial charge is 0.507 e. The second-order valence-electron chi connectivity index (χ2n) is 3.26. The van der Waals surface area contributed by atoms with Crippen molar-refractivity contribution in [3.63, 3.8) is 0 Å². The summed E-state index contributed by atoms with van der Waals surface area (Å²) in [4.78, 5) is 11.2. The van der Waals surface area contributed by atoms with Gasteiger partial charge in [-0.1, -0.05) is 13.8 Å². The van der Waals surface area contributed by atoms with Gasteiger partial charge in [-0.2, -0.15) is 0 Å². The summed E-state index contributed by atoms with van der Waals surface area (Å²) in [6, 6.07) is 1.52. The molecule has 0 aliphatic heterocycles. The molecule has 3 nitrogen and oxygen atoms in total. The second-order valence-corrected chi connectivity index (χ2v) is 3.26. The van der Waals surface area contributed by atoms with E-state index in [4.69, 9.17) is 4.42 Å². The molecule has 72 valence electrons. The van der Waals surface area contributed by atoms with E-state index in [0.717, 1.165) is 6.42 Å². The molecule has 3 heteroatoms. The van der Waals surface area contributed by atoms with E-state index < -0.39 is 5.63 Å². The summed E-state index contributed by atoms with van der Waals surface area (Å²) in [5, 5.41) is 9.37. The molecule has 0 aliphatic rings. The average Bonchev–Trinajstić information content (AvgIpc) is 2.12. The zero-order valence-electron chi connectivity index (χ0n) is 8.13. The summed E-state index contributed by atoms with van der Waals surface area (Å²) < 4.78 is 5.03. The van der Waals surface area contributed by atoms with E-state index in [1.165, 1.54) is 6.07 Å². The molecule has 1 aromatic rings. The van der Waals surface area contributed by atoms with Crippen LogP contribution in [0.25, 0.3) is 0 Å². The number of hydrogen-bond donors (Lipinski definition) is 1. The first-order valence-corrected chi connectivity index (χ1v) is 4.39. The Morgan fingerprint density at radius 3 is 2.69 bits per heavy atom. The van der Waals surface area contributed by atoms with E-state index in [1.54, 1.807) is 6.92 Å². The van der Waals surface area contributed by atoms with Gasteiger partial charge in [0.25, 0.3) is 0 Å². The number of hydrogen-bond acceptors (Lipinski definition) is 3. The van der Waals surface area contributed by atoms with Crippen molar-refractivity contribution in [2.75, 3.05) is 0 Å². The maximum atomic E-state index is 11.2. The lowest BCUT2D eigenvalue weighted by atomic mass is 10.1. The third-order valence-electron chi connectivity index (χ3n) is 2.28. The molecule has 0 saturated heterocycles. The molecule has 1 atom stereocenters. The van der Waals surface area contributed by atoms with Crippen molar-refractivity contribution in [2.45, 2.75) is 33.1 Å². The Kier molecular flexibility index (Phi) is 2.76. The van der Waals surface area contributed by atoms with E-state index >= 15 is 0 Å². The van der Waals surface area contributed by atoms with Crippen molar-refractivity contribution in [3.05, 3.63) is 27.8 Å². The Morgan fingerprint density at radius 2 is 2.23 bits per heavy atom. The Hall–Kier alpha value is -1.25. The maximum absolute atomic E-state index is 11.2. The molecule has 0 saturated carbocycles. The van der Waals surface area contributed by atoms with E-state index in [2.05, 4.69) is 0 Å². The Bertz CT molecular complexity index is 352. The molecule has 13 heavy (non-hydrogen) atoms. The highest BCUT2D eigenvalue weighted by molar-refractivity contribution is 5.29. The van der Waals surface area contributed by atoms with E-state index in [1.807, 2.05) is 13.8 Å². The van der Waals surface area contributed by atoms with Gasteiger partial charge in [-0.05, 0) is 13.3 Å². The van der Waals surface area contributed by atoms with Gasteiger partial charge in [0.2, 0.25) is 0 Å². The molecule has 0 radical (unpaired) electrons. The van der Waals surface area contributed by atoms with Crippen LogP contribution in [0, 0.1) is 6.92 Å². The molecular formula is C10H14O3. The van der Waals surface area contributed by atoms with Gasteiger partial charge in [0, 0.05) is 12.0 Å². The lowest BCUT2D eigenvalue weighted by Gasteiger charge is -2.07. The summed E-state index contributed by atoms with van der Waals surface area (Å²) in [6.45, 7) is 5.50. The van der Waals surface area contributed by atoms with Crippen LogP contribution in [-0.2, 0) is 0 Å². The molecular weight excluding hydrogens is 168 g/mol. The molecule has 1 N–H and O–H groups in total. The summed E-state index contributed by atoms with van der Waals surface area (Å²) in [7, 11) is 0. The second kappa shape index (κ2) is 3.64. The highest BCUT2D eigenvalue weighted by Gasteiger charge is 2.10. The van der Waals surface area contributed by atoms with Crippen molar-refractivity contribution in [2.24, 2.45) is 0 Å². The van der Waals surface area contributed by atoms with Crippen molar-refractivity contribution >= 4 is 0 Å². The fourth-order valence-corrected chi connectivity index (χ4v) is 1.00. The van der Waals surface area contributed by atoms with Crippen LogP contribution in [0.4, 0.5) is 0 Å². The zero-order chi connectivity index (χ0) is 10.0. The van der Waals surface area contributed by atoms with Gasteiger partial charge in [-0.15, -0.1) is 0 Å². The first-order valence-electron chi connectivity index (χ1n) is 4.39. The minimum absolute atomic E-state index is 0.0200. The third kappa shape index (κ3) is 1.91. The molecule has 0 fully saturated rings. The van der Waals surface area contributed by atoms with Crippen LogP contribution in [0.15, 0.2) is 15.3 Å². The lowest BCUT2D eigenvalue weighted by Crippen LogP contribution is -2.06. The normalized spacial score (nSPS) is 12.8. The van der Waals surface area contributed by atoms with Gasteiger partial charge in [0.05, 0.1) is 5.56 Å². The quantitative estimate of drug-likeness (QED) is 0.762. The van der Waals surface area contributed by atoms with Crippen LogP contribution in [0.1, 0.15) is 37.5 Å². The SMILES string of the molecule is CC[C@H](C)c1cc(O)c(C)c(=O)o1. The Balaban J connectivity index is 3.21. The molecule has 0 bridgehead atoms. The fraction of sp³-hybridized carbons (Fsp3) is 0.500. The fourth-order valence-electron chi connectivity index (χ4n) is 1.00. The predicted molar refractivity (Wildman–Crippen MR) is 50.1 cm³/mol. The first-order chi connectivity index (χ1) is 6.06. The predicted octanol–water partition coefficient (Wildman–Crippen LogP) is 2.17. The monoisotopic (exact) mass is 182 g/mol. The van der Waals surface area contributed by atoms with Gasteiger partial charge in [-0.25, -0.2) is 4.79 Å². The van der Waals surface area contributed by atoms with Crippen molar-refractivity contribution in [1.29, 1.82) is 0 Å². The van der Waals surface area contributed by atoms with Crippen LogP contribution in [-0.4, -0.2) is 5.11 Å². The summed E-state index contributed by atoms with van der Waals surface area (Å²) >= 11 is 0. The number of rotatable bonds is 2. The van der Waals surface area contributed by atoms with Crippen molar-refractivity contribution < 1.29 is 9.52 Å². The third-order valence-corrected chi connectivity index (χ3v) is 2.28. The molecule has 0 aromatic carbocycles. The van der Waals surface area contributed by atoms with E-state index in [-0.39, 0.29) is 17.2 Å². The van der Waals surface area contributed by atoms with E-state index in [9.17, 15) is 9.90 Å². The van der Waals surface area contributed by atoms with Crippen molar-refractivity contribution in [3.8, 4) is 5.75 Å². The molecule has 1 heterocycles. The molecule has 0 amide bonds. The minimum atomic E-state index is -0.449. The van der Waals surface area contributed by atoms with Gasteiger partial charge in [0.15, 0.2) is 0 Å². The number of aromatic hydroxyl groups is 1. The Labute approximate surface area is 77.0 Å². The van der Waals surface area contributed by atoms with Crippen LogP contribution in [0.2, 0.25) is 0 Å². The maximum Gasteiger partial charge on any atom is 0.342 e. The molecule has 0 spiro atoms. The summed E-state index contributed by atoms with van der Waals surface area (Å²) in [5.41, 5.74) is -0.178. The van der Waals surface area contributed by atoms with E-state index in [0.29, 0.717) is 5.76 Å². The van der Waals surface area contributed by atoms with Crippen LogP contribution in [0.5, 0.6) is 5.75 Å². The van der Waals surface area contributed by atoms with Crippen LogP contribution in [0.3, 0.4) is 0 Å². The Morgan fingerprint density at radius 1 is 1.62 bits per heavy atom. The van der Waals surface area contributed by atoms with Crippen LogP contribution < -0.4 is 5.63 Å². The summed E-state index contributed by atoms with van der Waals surface area (Å²) in [6.07, 6.45) is 0.880. The average molecular weight is 182 g/mol. The van der Waals surface area contributed by atoms with Crippen molar-refractivity contribution in [1.82, 2.24) is 0 Å². The van der Waals surface area contributed by atoms with Gasteiger partial charge < -0.3 is 9.52 Å². The van der Waals surface area contributed by atoms with Gasteiger partial charge in [-0.3, -0.25) is 0 Å². The smallest absolute Gasteiger partial charge is 0.342 e. The highest BCUT2D eigenvalue weighted by Crippen LogP contribution is 2.22. The molecule has 1 aromatic heterocycles. The molecule has 0 aliphatic carbocycles. The lowest BCUT2D eigenvalue weighted by molar-refractivity contribution is 0.397. The van der Waals surface area contributed by atoms with Gasteiger partial charge in [0.1, 0.15) is 11.5 Å².